The molecule has 1 fully saturated rings. The Kier molecular flexibility index (Phi) is 12.9. The van der Waals surface area contributed by atoms with Crippen LogP contribution < -0.4 is 10.6 Å². The highest BCUT2D eigenvalue weighted by molar-refractivity contribution is 5.91. The number of hydrogen-bond acceptors (Lipinski definition) is 5. The molecule has 0 saturated heterocycles. The zero-order valence-corrected chi connectivity index (χ0v) is 22.3. The van der Waals surface area contributed by atoms with Crippen LogP contribution in [-0.4, -0.2) is 78.2 Å². The SMILES string of the molecule is CCN(CCc1ccccc1)C(=O)CCC(NC(=O)C(CC1CCCCC1)NC(=O)O)C(=O)N(C)OC. The van der Waals surface area contributed by atoms with Crippen molar-refractivity contribution in [2.45, 2.75) is 76.8 Å². The van der Waals surface area contributed by atoms with Gasteiger partial charge in [-0.3, -0.25) is 19.2 Å². The van der Waals surface area contributed by atoms with Crippen LogP contribution in [0, 0.1) is 5.92 Å². The third-order valence-electron chi connectivity index (χ3n) is 7.00. The summed E-state index contributed by atoms with van der Waals surface area (Å²) in [7, 11) is 2.76. The van der Waals surface area contributed by atoms with Crippen molar-refractivity contribution in [3.8, 4) is 0 Å². The number of hydrogen-bond donors (Lipinski definition) is 3. The molecule has 0 aromatic heterocycles. The molecule has 2 unspecified atom stereocenters. The second kappa shape index (κ2) is 15.9. The van der Waals surface area contributed by atoms with Gasteiger partial charge in [0.1, 0.15) is 12.1 Å². The minimum absolute atomic E-state index is 0.0521. The number of hydroxylamine groups is 2. The van der Waals surface area contributed by atoms with Crippen LogP contribution in [0.25, 0.3) is 0 Å². The summed E-state index contributed by atoms with van der Waals surface area (Å²) in [5, 5.41) is 15.3. The zero-order valence-electron chi connectivity index (χ0n) is 22.3. The standard InChI is InChI=1S/C27H42N4O6/c1-4-31(18-17-20-11-7-5-8-12-20)24(32)16-15-22(26(34)30(2)37-3)28-25(33)23(29-27(35)36)19-21-13-9-6-10-14-21/h5,7-8,11-12,21-23,29H,4,6,9-10,13-19H2,1-3H3,(H,28,33)(H,35,36). The van der Waals surface area contributed by atoms with Crippen LogP contribution in [-0.2, 0) is 25.6 Å². The summed E-state index contributed by atoms with van der Waals surface area (Å²) in [6, 6.07) is 7.88. The van der Waals surface area contributed by atoms with E-state index in [-0.39, 0.29) is 24.7 Å². The van der Waals surface area contributed by atoms with Gasteiger partial charge >= 0.3 is 6.09 Å². The molecule has 206 valence electrons. The summed E-state index contributed by atoms with van der Waals surface area (Å²) in [4.78, 5) is 57.1. The van der Waals surface area contributed by atoms with Crippen molar-refractivity contribution in [3.63, 3.8) is 0 Å². The molecule has 2 atom stereocenters. The maximum atomic E-state index is 13.1. The molecule has 3 N–H and O–H groups in total. The van der Waals surface area contributed by atoms with E-state index in [1.165, 1.54) is 14.2 Å². The molecule has 10 heteroatoms. The number of likely N-dealkylation sites (N-methyl/N-ethyl adjacent to an activating group) is 2. The number of carbonyl (C=O) groups excluding carboxylic acids is 3. The molecule has 0 aliphatic heterocycles. The summed E-state index contributed by atoms with van der Waals surface area (Å²) in [6.45, 7) is 2.98. The van der Waals surface area contributed by atoms with Gasteiger partial charge in [-0.2, -0.15) is 0 Å². The first kappa shape index (κ1) is 30.1. The maximum absolute atomic E-state index is 13.1. The third kappa shape index (κ3) is 10.4. The van der Waals surface area contributed by atoms with E-state index in [0.717, 1.165) is 49.2 Å². The van der Waals surface area contributed by atoms with Crippen molar-refractivity contribution in [2.75, 3.05) is 27.2 Å². The van der Waals surface area contributed by atoms with Gasteiger partial charge in [-0.05, 0) is 37.7 Å². The topological polar surface area (TPSA) is 128 Å². The molecule has 10 nitrogen and oxygen atoms in total. The van der Waals surface area contributed by atoms with Crippen molar-refractivity contribution in [1.82, 2.24) is 20.6 Å². The average Bonchev–Trinajstić information content (AvgIpc) is 2.90. The molecule has 1 aromatic carbocycles. The monoisotopic (exact) mass is 518 g/mol. The molecule has 0 spiro atoms. The molecule has 1 aromatic rings. The van der Waals surface area contributed by atoms with Crippen molar-refractivity contribution in [1.29, 1.82) is 0 Å². The van der Waals surface area contributed by atoms with Gasteiger partial charge in [0.15, 0.2) is 0 Å². The van der Waals surface area contributed by atoms with Crippen LogP contribution in [0.1, 0.15) is 63.9 Å². The lowest BCUT2D eigenvalue weighted by Gasteiger charge is -2.28. The Morgan fingerprint density at radius 1 is 1.05 bits per heavy atom. The highest BCUT2D eigenvalue weighted by Crippen LogP contribution is 2.27. The predicted molar refractivity (Wildman–Crippen MR) is 139 cm³/mol. The maximum Gasteiger partial charge on any atom is 0.405 e. The van der Waals surface area contributed by atoms with Crippen LogP contribution in [0.5, 0.6) is 0 Å². The number of nitrogens with zero attached hydrogens (tertiary/aromatic N) is 2. The Bertz CT molecular complexity index is 875. The van der Waals surface area contributed by atoms with Crippen LogP contribution >= 0.6 is 0 Å². The zero-order chi connectivity index (χ0) is 27.2. The van der Waals surface area contributed by atoms with E-state index in [1.54, 1.807) is 4.90 Å². The molecular weight excluding hydrogens is 476 g/mol. The van der Waals surface area contributed by atoms with Crippen molar-refractivity contribution < 1.29 is 29.1 Å². The number of benzene rings is 1. The lowest BCUT2D eigenvalue weighted by atomic mass is 9.84. The summed E-state index contributed by atoms with van der Waals surface area (Å²) in [5.74, 6) is -0.952. The van der Waals surface area contributed by atoms with Crippen molar-refractivity contribution >= 4 is 23.8 Å². The molecule has 4 amide bonds. The molecule has 0 heterocycles. The Labute approximate surface area is 219 Å². The van der Waals surface area contributed by atoms with Gasteiger partial charge in [0.25, 0.3) is 5.91 Å². The molecule has 0 radical (unpaired) electrons. The fourth-order valence-corrected chi connectivity index (χ4v) is 4.77. The second-order valence-corrected chi connectivity index (χ2v) is 9.57. The molecule has 0 bridgehead atoms. The van der Waals surface area contributed by atoms with Crippen LogP contribution in [0.3, 0.4) is 0 Å². The van der Waals surface area contributed by atoms with Crippen molar-refractivity contribution in [2.24, 2.45) is 5.92 Å². The van der Waals surface area contributed by atoms with E-state index in [9.17, 15) is 24.3 Å². The van der Waals surface area contributed by atoms with E-state index >= 15 is 0 Å². The van der Waals surface area contributed by atoms with Gasteiger partial charge in [0, 0.05) is 26.6 Å². The quantitative estimate of drug-likeness (QED) is 0.325. The molecule has 37 heavy (non-hydrogen) atoms. The summed E-state index contributed by atoms with van der Waals surface area (Å²) >= 11 is 0. The number of nitrogens with one attached hydrogen (secondary N) is 2. The van der Waals surface area contributed by atoms with E-state index in [4.69, 9.17) is 4.84 Å². The molecular formula is C27H42N4O6. The number of amides is 4. The minimum Gasteiger partial charge on any atom is -0.465 e. The van der Waals surface area contributed by atoms with Gasteiger partial charge in [-0.1, -0.05) is 62.4 Å². The van der Waals surface area contributed by atoms with Crippen LogP contribution in [0.4, 0.5) is 4.79 Å². The predicted octanol–water partition coefficient (Wildman–Crippen LogP) is 2.97. The summed E-state index contributed by atoms with van der Waals surface area (Å²) < 4.78 is 0. The number of rotatable bonds is 14. The lowest BCUT2D eigenvalue weighted by Crippen LogP contribution is -2.54. The lowest BCUT2D eigenvalue weighted by molar-refractivity contribution is -0.172. The normalized spacial score (nSPS) is 15.3. The van der Waals surface area contributed by atoms with Gasteiger partial charge < -0.3 is 20.6 Å². The molecule has 1 saturated carbocycles. The van der Waals surface area contributed by atoms with E-state index in [1.807, 2.05) is 37.3 Å². The first-order chi connectivity index (χ1) is 17.7. The highest BCUT2D eigenvalue weighted by atomic mass is 16.7. The molecule has 1 aliphatic carbocycles. The Morgan fingerprint density at radius 2 is 1.73 bits per heavy atom. The summed E-state index contributed by atoms with van der Waals surface area (Å²) in [6.07, 6.45) is 5.09. The molecule has 1 aliphatic rings. The van der Waals surface area contributed by atoms with E-state index < -0.39 is 30.0 Å². The minimum atomic E-state index is -1.29. The summed E-state index contributed by atoms with van der Waals surface area (Å²) in [5.41, 5.74) is 1.13. The highest BCUT2D eigenvalue weighted by Gasteiger charge is 2.31. The second-order valence-electron chi connectivity index (χ2n) is 9.57. The van der Waals surface area contributed by atoms with Gasteiger partial charge in [0.05, 0.1) is 7.11 Å². The largest absolute Gasteiger partial charge is 0.465 e. The third-order valence-corrected chi connectivity index (χ3v) is 7.00. The molecule has 2 rings (SSSR count). The Morgan fingerprint density at radius 3 is 2.32 bits per heavy atom. The Balaban J connectivity index is 2.04. The van der Waals surface area contributed by atoms with Crippen LogP contribution in [0.2, 0.25) is 0 Å². The van der Waals surface area contributed by atoms with Crippen LogP contribution in [0.15, 0.2) is 30.3 Å². The smallest absolute Gasteiger partial charge is 0.405 e. The number of carboxylic acid groups (broad SMARTS) is 1. The average molecular weight is 519 g/mol. The first-order valence-corrected chi connectivity index (χ1v) is 13.2. The van der Waals surface area contributed by atoms with Gasteiger partial charge in [0.2, 0.25) is 11.8 Å². The van der Waals surface area contributed by atoms with Gasteiger partial charge in [-0.25, -0.2) is 9.86 Å². The number of carbonyl (C=O) groups is 4. The van der Waals surface area contributed by atoms with E-state index in [2.05, 4.69) is 10.6 Å². The first-order valence-electron chi connectivity index (χ1n) is 13.2. The fraction of sp³-hybridized carbons (Fsp3) is 0.630. The van der Waals surface area contributed by atoms with Crippen molar-refractivity contribution in [3.05, 3.63) is 35.9 Å². The van der Waals surface area contributed by atoms with E-state index in [0.29, 0.717) is 19.5 Å². The van der Waals surface area contributed by atoms with Gasteiger partial charge in [-0.15, -0.1) is 0 Å². The Hall–Kier alpha value is -3.14. The fourth-order valence-electron chi connectivity index (χ4n) is 4.77.